The third-order valence-corrected chi connectivity index (χ3v) is 4.91. The van der Waals surface area contributed by atoms with Gasteiger partial charge in [-0.1, -0.05) is 23.3 Å². The smallest absolute Gasteiger partial charge is 0.307 e. The zero-order valence-electron chi connectivity index (χ0n) is 14.7. The standard InChI is InChI=1S/C20H25N3O3/c21-9-7-18(22)19-6-5-15(12-23-19)26-10-8-13-1-3-14(4-2-13)16-11-17(16)20(24)25/h1,3,5-7,12,16-17H,2,4,8-11,21-22H2,(H,24,25)/b18-7-. The molecule has 2 aliphatic carbocycles. The lowest BCUT2D eigenvalue weighted by atomic mass is 9.93. The van der Waals surface area contributed by atoms with Crippen LogP contribution in [0.15, 0.2) is 47.7 Å². The summed E-state index contributed by atoms with van der Waals surface area (Å²) in [6.45, 7) is 0.972. The Morgan fingerprint density at radius 1 is 1.35 bits per heavy atom. The third kappa shape index (κ3) is 4.52. The normalized spacial score (nSPS) is 22.4. The van der Waals surface area contributed by atoms with Gasteiger partial charge in [0.05, 0.1) is 30.1 Å². The van der Waals surface area contributed by atoms with Crippen molar-refractivity contribution in [1.82, 2.24) is 4.98 Å². The van der Waals surface area contributed by atoms with Crippen LogP contribution >= 0.6 is 0 Å². The second kappa shape index (κ2) is 8.19. The number of rotatable bonds is 8. The monoisotopic (exact) mass is 355 g/mol. The van der Waals surface area contributed by atoms with Gasteiger partial charge in [-0.15, -0.1) is 0 Å². The van der Waals surface area contributed by atoms with Crippen LogP contribution in [0.5, 0.6) is 5.75 Å². The van der Waals surface area contributed by atoms with Crippen LogP contribution in [0.3, 0.4) is 0 Å². The van der Waals surface area contributed by atoms with E-state index in [4.69, 9.17) is 21.3 Å². The minimum Gasteiger partial charge on any atom is -0.492 e. The fourth-order valence-corrected chi connectivity index (χ4v) is 3.26. The Hall–Kier alpha value is -2.60. The summed E-state index contributed by atoms with van der Waals surface area (Å²) < 4.78 is 5.75. The van der Waals surface area contributed by atoms with E-state index in [0.717, 1.165) is 25.7 Å². The van der Waals surface area contributed by atoms with Crippen molar-refractivity contribution in [1.29, 1.82) is 0 Å². The lowest BCUT2D eigenvalue weighted by Crippen LogP contribution is -2.06. The van der Waals surface area contributed by atoms with E-state index >= 15 is 0 Å². The highest BCUT2D eigenvalue weighted by molar-refractivity contribution is 5.74. The topological polar surface area (TPSA) is 111 Å². The molecule has 0 bridgehead atoms. The predicted octanol–water partition coefficient (Wildman–Crippen LogP) is 2.48. The summed E-state index contributed by atoms with van der Waals surface area (Å²) in [5.41, 5.74) is 15.2. The maximum absolute atomic E-state index is 11.0. The van der Waals surface area contributed by atoms with Crippen molar-refractivity contribution in [2.75, 3.05) is 13.2 Å². The number of carboxylic acid groups (broad SMARTS) is 1. The minimum absolute atomic E-state index is 0.163. The Bertz CT molecular complexity index is 750. The second-order valence-corrected chi connectivity index (χ2v) is 6.73. The summed E-state index contributed by atoms with van der Waals surface area (Å²) in [6.07, 6.45) is 11.2. The molecule has 2 atom stereocenters. The molecule has 3 rings (SSSR count). The summed E-state index contributed by atoms with van der Waals surface area (Å²) in [5.74, 6) is 0.138. The van der Waals surface area contributed by atoms with Crippen molar-refractivity contribution in [3.05, 3.63) is 53.4 Å². The summed E-state index contributed by atoms with van der Waals surface area (Å²) >= 11 is 0. The van der Waals surface area contributed by atoms with Crippen molar-refractivity contribution < 1.29 is 14.6 Å². The molecule has 0 aliphatic heterocycles. The average Bonchev–Trinajstić information content (AvgIpc) is 3.44. The lowest BCUT2D eigenvalue weighted by Gasteiger charge is -2.15. The molecule has 1 aromatic heterocycles. The molecule has 0 spiro atoms. The molecule has 6 nitrogen and oxygen atoms in total. The maximum Gasteiger partial charge on any atom is 0.307 e. The fourth-order valence-electron chi connectivity index (χ4n) is 3.26. The molecule has 26 heavy (non-hydrogen) atoms. The van der Waals surface area contributed by atoms with Gasteiger partial charge in [0.15, 0.2) is 0 Å². The number of pyridine rings is 1. The predicted molar refractivity (Wildman–Crippen MR) is 100 cm³/mol. The maximum atomic E-state index is 11.0. The van der Waals surface area contributed by atoms with Gasteiger partial charge in [-0.3, -0.25) is 9.78 Å². The molecule has 0 saturated heterocycles. The minimum atomic E-state index is -0.668. The molecule has 2 aliphatic rings. The SMILES string of the molecule is NC/C=C(\N)c1ccc(OCCC2=CC=C(C3CC3C(=O)O)CC2)cn1. The summed E-state index contributed by atoms with van der Waals surface area (Å²) in [4.78, 5) is 15.2. The molecular formula is C20H25N3O3. The number of nitrogens with two attached hydrogens (primary N) is 2. The van der Waals surface area contributed by atoms with Crippen molar-refractivity contribution in [2.45, 2.75) is 25.7 Å². The molecule has 2 unspecified atom stereocenters. The van der Waals surface area contributed by atoms with Crippen LogP contribution in [0, 0.1) is 11.8 Å². The van der Waals surface area contributed by atoms with Crippen LogP contribution < -0.4 is 16.2 Å². The molecule has 1 fully saturated rings. The van der Waals surface area contributed by atoms with Crippen LogP contribution in [-0.2, 0) is 4.79 Å². The van der Waals surface area contributed by atoms with E-state index in [1.807, 2.05) is 12.1 Å². The quantitative estimate of drug-likeness (QED) is 0.660. The van der Waals surface area contributed by atoms with Gasteiger partial charge in [-0.2, -0.15) is 0 Å². The van der Waals surface area contributed by atoms with E-state index in [2.05, 4.69) is 17.1 Å². The summed E-state index contributed by atoms with van der Waals surface area (Å²) in [7, 11) is 0. The fraction of sp³-hybridized carbons (Fsp3) is 0.400. The summed E-state index contributed by atoms with van der Waals surface area (Å²) in [5, 5.41) is 9.03. The Balaban J connectivity index is 1.45. The Labute approximate surface area is 153 Å². The van der Waals surface area contributed by atoms with Crippen LogP contribution in [0.2, 0.25) is 0 Å². The van der Waals surface area contributed by atoms with E-state index in [0.29, 0.717) is 30.3 Å². The van der Waals surface area contributed by atoms with Gasteiger partial charge in [-0.05, 0) is 43.4 Å². The number of allylic oxidation sites excluding steroid dienone is 3. The number of hydrogen-bond donors (Lipinski definition) is 3. The van der Waals surface area contributed by atoms with Gasteiger partial charge in [0, 0.05) is 13.0 Å². The van der Waals surface area contributed by atoms with Crippen LogP contribution in [-0.4, -0.2) is 29.2 Å². The molecule has 0 aromatic carbocycles. The van der Waals surface area contributed by atoms with Gasteiger partial charge >= 0.3 is 5.97 Å². The number of carbonyl (C=O) groups is 1. The zero-order valence-corrected chi connectivity index (χ0v) is 14.7. The molecular weight excluding hydrogens is 330 g/mol. The first-order valence-corrected chi connectivity index (χ1v) is 8.94. The molecule has 1 aromatic rings. The highest BCUT2D eigenvalue weighted by Crippen LogP contribution is 2.47. The third-order valence-electron chi connectivity index (χ3n) is 4.91. The van der Waals surface area contributed by atoms with Crippen molar-refractivity contribution in [2.24, 2.45) is 23.3 Å². The van der Waals surface area contributed by atoms with Gasteiger partial charge in [0.1, 0.15) is 5.75 Å². The first-order valence-electron chi connectivity index (χ1n) is 8.94. The number of nitrogens with zero attached hydrogens (tertiary/aromatic N) is 1. The van der Waals surface area contributed by atoms with E-state index in [9.17, 15) is 4.79 Å². The molecule has 5 N–H and O–H groups in total. The molecule has 0 radical (unpaired) electrons. The number of ether oxygens (including phenoxy) is 1. The Morgan fingerprint density at radius 2 is 2.19 bits per heavy atom. The second-order valence-electron chi connectivity index (χ2n) is 6.73. The van der Waals surface area contributed by atoms with Crippen LogP contribution in [0.25, 0.3) is 5.70 Å². The molecule has 1 saturated carbocycles. The van der Waals surface area contributed by atoms with Crippen molar-refractivity contribution >= 4 is 11.7 Å². The van der Waals surface area contributed by atoms with Gasteiger partial charge in [0.2, 0.25) is 0 Å². The first kappa shape index (κ1) is 18.2. The largest absolute Gasteiger partial charge is 0.492 e. The van der Waals surface area contributed by atoms with Crippen LogP contribution in [0.1, 0.15) is 31.4 Å². The number of carboxylic acids is 1. The first-order chi connectivity index (χ1) is 12.6. The van der Waals surface area contributed by atoms with E-state index in [1.54, 1.807) is 12.3 Å². The number of aliphatic carboxylic acids is 1. The van der Waals surface area contributed by atoms with Crippen molar-refractivity contribution in [3.8, 4) is 5.75 Å². The van der Waals surface area contributed by atoms with E-state index in [-0.39, 0.29) is 11.8 Å². The van der Waals surface area contributed by atoms with Gasteiger partial charge in [-0.25, -0.2) is 0 Å². The highest BCUT2D eigenvalue weighted by atomic mass is 16.5. The number of aromatic nitrogens is 1. The zero-order chi connectivity index (χ0) is 18.5. The molecule has 138 valence electrons. The Morgan fingerprint density at radius 3 is 2.77 bits per heavy atom. The highest BCUT2D eigenvalue weighted by Gasteiger charge is 2.45. The van der Waals surface area contributed by atoms with Gasteiger partial charge < -0.3 is 21.3 Å². The van der Waals surface area contributed by atoms with E-state index in [1.165, 1.54) is 11.1 Å². The Kier molecular flexibility index (Phi) is 5.73. The van der Waals surface area contributed by atoms with E-state index < -0.39 is 5.97 Å². The van der Waals surface area contributed by atoms with Crippen LogP contribution in [0.4, 0.5) is 0 Å². The van der Waals surface area contributed by atoms with Crippen molar-refractivity contribution in [3.63, 3.8) is 0 Å². The lowest BCUT2D eigenvalue weighted by molar-refractivity contribution is -0.138. The molecule has 6 heteroatoms. The molecule has 1 heterocycles. The molecule has 0 amide bonds. The average molecular weight is 355 g/mol. The summed E-state index contributed by atoms with van der Waals surface area (Å²) in [6, 6.07) is 3.67. The van der Waals surface area contributed by atoms with Gasteiger partial charge in [0.25, 0.3) is 0 Å². The number of hydrogen-bond acceptors (Lipinski definition) is 5.